The number of morpholine rings is 1. The highest BCUT2D eigenvalue weighted by atomic mass is 16.5. The summed E-state index contributed by atoms with van der Waals surface area (Å²) in [4.78, 5) is 30.1. The predicted molar refractivity (Wildman–Crippen MR) is 89.6 cm³/mol. The molecule has 1 aromatic carbocycles. The number of hydrogen-bond donors (Lipinski definition) is 2. The zero-order valence-electron chi connectivity index (χ0n) is 14.0. The largest absolute Gasteiger partial charge is 0.368 e. The Morgan fingerprint density at radius 3 is 2.67 bits per heavy atom. The van der Waals surface area contributed by atoms with Gasteiger partial charge in [-0.2, -0.15) is 0 Å². The number of primary amides is 1. The van der Waals surface area contributed by atoms with Gasteiger partial charge in [-0.05, 0) is 26.0 Å². The number of carbonyl (C=O) groups excluding carboxylic acids is 1. The van der Waals surface area contributed by atoms with E-state index in [1.54, 1.807) is 12.1 Å². The van der Waals surface area contributed by atoms with Crippen LogP contribution in [0.3, 0.4) is 0 Å². The molecule has 1 aliphatic heterocycles. The summed E-state index contributed by atoms with van der Waals surface area (Å²) in [6.45, 7) is 6.17. The van der Waals surface area contributed by atoms with Crippen LogP contribution in [0.5, 0.6) is 0 Å². The Kier molecular flexibility index (Phi) is 4.64. The highest BCUT2D eigenvalue weighted by molar-refractivity contribution is 5.78. The van der Waals surface area contributed by atoms with Crippen LogP contribution in [-0.4, -0.2) is 40.8 Å². The van der Waals surface area contributed by atoms with Gasteiger partial charge in [0.05, 0.1) is 10.9 Å². The maximum Gasteiger partial charge on any atom is 0.262 e. The Hall–Kier alpha value is -2.25. The van der Waals surface area contributed by atoms with E-state index in [1.165, 1.54) is 9.47 Å². The molecule has 1 aliphatic rings. The number of benzene rings is 1. The lowest BCUT2D eigenvalue weighted by Gasteiger charge is -2.32. The molecule has 3 N–H and O–H groups in total. The summed E-state index contributed by atoms with van der Waals surface area (Å²) in [5.41, 5.74) is 5.76. The topological polar surface area (TPSA) is 91.7 Å². The zero-order valence-corrected chi connectivity index (χ0v) is 14.0. The van der Waals surface area contributed by atoms with E-state index in [2.05, 4.69) is 4.98 Å². The van der Waals surface area contributed by atoms with Gasteiger partial charge in [0, 0.05) is 0 Å². The van der Waals surface area contributed by atoms with E-state index in [0.717, 1.165) is 13.1 Å². The number of nitrogens with zero attached hydrogens (tertiary/aromatic N) is 2. The van der Waals surface area contributed by atoms with Crippen molar-refractivity contribution >= 4 is 16.8 Å². The second kappa shape index (κ2) is 6.70. The standard InChI is InChI=1S/C17H22N4O3/c1-11-7-20(8-12(2)24-11)10-16-19-14-6-4-3-5-13(14)17(23)21(16)9-15(18)22/h3-6,11-12H,7-10H2,1-2H3,(H2,18,22)/p+1/t11-,12-/m1/s1. The molecule has 3 rings (SSSR count). The normalized spacial score (nSPS) is 24.2. The number of amides is 1. The monoisotopic (exact) mass is 331 g/mol. The van der Waals surface area contributed by atoms with Gasteiger partial charge in [-0.15, -0.1) is 0 Å². The van der Waals surface area contributed by atoms with Crippen molar-refractivity contribution in [1.82, 2.24) is 9.55 Å². The molecule has 1 aromatic heterocycles. The first-order valence-electron chi connectivity index (χ1n) is 8.20. The molecule has 2 heterocycles. The highest BCUT2D eigenvalue weighted by Crippen LogP contribution is 2.08. The molecular weight excluding hydrogens is 308 g/mol. The molecule has 1 saturated heterocycles. The van der Waals surface area contributed by atoms with E-state index in [9.17, 15) is 9.59 Å². The van der Waals surface area contributed by atoms with E-state index in [1.807, 2.05) is 26.0 Å². The lowest BCUT2D eigenvalue weighted by Crippen LogP contribution is -3.14. The summed E-state index contributed by atoms with van der Waals surface area (Å²) in [5.74, 6) is 0.0444. The summed E-state index contributed by atoms with van der Waals surface area (Å²) in [6, 6.07) is 7.17. The first-order valence-corrected chi connectivity index (χ1v) is 8.20. The second-order valence-corrected chi connectivity index (χ2v) is 6.50. The number of carbonyl (C=O) groups is 1. The van der Waals surface area contributed by atoms with Gasteiger partial charge in [0.2, 0.25) is 5.91 Å². The van der Waals surface area contributed by atoms with E-state index in [0.29, 0.717) is 23.3 Å². The molecule has 2 atom stereocenters. The van der Waals surface area contributed by atoms with E-state index in [4.69, 9.17) is 10.5 Å². The number of nitrogens with one attached hydrogen (secondary N) is 1. The van der Waals surface area contributed by atoms with Gasteiger partial charge in [0.1, 0.15) is 38.4 Å². The van der Waals surface area contributed by atoms with Gasteiger partial charge in [-0.25, -0.2) is 4.98 Å². The van der Waals surface area contributed by atoms with Crippen LogP contribution in [0.4, 0.5) is 0 Å². The number of para-hydroxylation sites is 1. The number of rotatable bonds is 4. The van der Waals surface area contributed by atoms with Crippen molar-refractivity contribution in [1.29, 1.82) is 0 Å². The molecule has 7 nitrogen and oxygen atoms in total. The minimum absolute atomic E-state index is 0.152. The smallest absolute Gasteiger partial charge is 0.262 e. The molecule has 0 radical (unpaired) electrons. The average Bonchev–Trinajstić information content (AvgIpc) is 2.50. The summed E-state index contributed by atoms with van der Waals surface area (Å²) >= 11 is 0. The van der Waals surface area contributed by atoms with Crippen molar-refractivity contribution in [2.24, 2.45) is 5.73 Å². The van der Waals surface area contributed by atoms with Crippen LogP contribution in [0, 0.1) is 0 Å². The quantitative estimate of drug-likeness (QED) is 0.757. The summed E-state index contributed by atoms with van der Waals surface area (Å²) in [6.07, 6.45) is 0.307. The zero-order chi connectivity index (χ0) is 17.3. The first kappa shape index (κ1) is 16.6. The third kappa shape index (κ3) is 3.47. The van der Waals surface area contributed by atoms with Gasteiger partial charge in [-0.1, -0.05) is 12.1 Å². The minimum Gasteiger partial charge on any atom is -0.368 e. The Labute approximate surface area is 140 Å². The molecule has 128 valence electrons. The number of ether oxygens (including phenoxy) is 1. The lowest BCUT2D eigenvalue weighted by atomic mass is 10.2. The van der Waals surface area contributed by atoms with Crippen LogP contribution in [0.15, 0.2) is 29.1 Å². The van der Waals surface area contributed by atoms with Gasteiger partial charge in [0.25, 0.3) is 5.56 Å². The molecule has 0 spiro atoms. The molecule has 0 saturated carbocycles. The summed E-state index contributed by atoms with van der Waals surface area (Å²) in [7, 11) is 0. The fraction of sp³-hybridized carbons (Fsp3) is 0.471. The number of fused-ring (bicyclic) bond motifs is 1. The third-order valence-electron chi connectivity index (χ3n) is 4.28. The van der Waals surface area contributed by atoms with Crippen LogP contribution < -0.4 is 16.2 Å². The van der Waals surface area contributed by atoms with E-state index < -0.39 is 5.91 Å². The minimum atomic E-state index is -0.547. The van der Waals surface area contributed by atoms with Crippen molar-refractivity contribution in [3.05, 3.63) is 40.4 Å². The van der Waals surface area contributed by atoms with Gasteiger partial charge >= 0.3 is 0 Å². The summed E-state index contributed by atoms with van der Waals surface area (Å²) < 4.78 is 7.16. The fourth-order valence-electron chi connectivity index (χ4n) is 3.42. The SMILES string of the molecule is C[C@@H]1C[NH+](Cc2nc3ccccc3c(=O)n2CC(N)=O)C[C@@H](C)O1. The molecule has 2 aromatic rings. The Balaban J connectivity index is 2.01. The number of aromatic nitrogens is 2. The third-order valence-corrected chi connectivity index (χ3v) is 4.28. The van der Waals surface area contributed by atoms with Gasteiger partial charge in [0.15, 0.2) is 5.82 Å². The van der Waals surface area contributed by atoms with Crippen molar-refractivity contribution in [2.75, 3.05) is 13.1 Å². The van der Waals surface area contributed by atoms with Gasteiger partial charge in [-0.3, -0.25) is 14.2 Å². The molecule has 0 aliphatic carbocycles. The van der Waals surface area contributed by atoms with Crippen LogP contribution >= 0.6 is 0 Å². The van der Waals surface area contributed by atoms with Crippen molar-refractivity contribution in [3.63, 3.8) is 0 Å². The Morgan fingerprint density at radius 2 is 2.00 bits per heavy atom. The van der Waals surface area contributed by atoms with Crippen LogP contribution in [-0.2, 0) is 22.6 Å². The molecule has 1 amide bonds. The maximum absolute atomic E-state index is 12.7. The average molecular weight is 331 g/mol. The summed E-state index contributed by atoms with van der Waals surface area (Å²) in [5, 5.41) is 0.501. The van der Waals surface area contributed by atoms with Crippen molar-refractivity contribution < 1.29 is 14.4 Å². The highest BCUT2D eigenvalue weighted by Gasteiger charge is 2.27. The molecule has 24 heavy (non-hydrogen) atoms. The van der Waals surface area contributed by atoms with E-state index in [-0.39, 0.29) is 24.3 Å². The predicted octanol–water partition coefficient (Wildman–Crippen LogP) is -0.926. The molecule has 0 bridgehead atoms. The van der Waals surface area contributed by atoms with Crippen LogP contribution in [0.1, 0.15) is 19.7 Å². The van der Waals surface area contributed by atoms with E-state index >= 15 is 0 Å². The van der Waals surface area contributed by atoms with Crippen LogP contribution in [0.25, 0.3) is 10.9 Å². The number of quaternary nitrogens is 1. The second-order valence-electron chi connectivity index (χ2n) is 6.50. The molecule has 0 unspecified atom stereocenters. The Morgan fingerprint density at radius 1 is 1.33 bits per heavy atom. The molecular formula is C17H23N4O3+. The Bertz CT molecular complexity index is 807. The first-order chi connectivity index (χ1) is 11.4. The number of hydrogen-bond acceptors (Lipinski definition) is 4. The van der Waals surface area contributed by atoms with Crippen LogP contribution in [0.2, 0.25) is 0 Å². The number of nitrogens with two attached hydrogens (primary N) is 1. The van der Waals surface area contributed by atoms with Crippen molar-refractivity contribution in [2.45, 2.75) is 39.1 Å². The fourth-order valence-corrected chi connectivity index (χ4v) is 3.42. The van der Waals surface area contributed by atoms with Crippen molar-refractivity contribution in [3.8, 4) is 0 Å². The maximum atomic E-state index is 12.7. The lowest BCUT2D eigenvalue weighted by molar-refractivity contribution is -0.929. The van der Waals surface area contributed by atoms with Gasteiger partial charge < -0.3 is 15.4 Å². The molecule has 1 fully saturated rings. The molecule has 7 heteroatoms.